The maximum absolute atomic E-state index is 6.04. The number of rotatable bonds is 4. The van der Waals surface area contributed by atoms with Gasteiger partial charge in [0.05, 0.1) is 20.3 Å². The summed E-state index contributed by atoms with van der Waals surface area (Å²) >= 11 is 0. The Balaban J connectivity index is 1.81. The van der Waals surface area contributed by atoms with Gasteiger partial charge in [-0.1, -0.05) is 0 Å². The molecule has 0 aliphatic carbocycles. The Labute approximate surface area is 132 Å². The predicted molar refractivity (Wildman–Crippen MR) is 81.1 cm³/mol. The minimum atomic E-state index is -0.994. The van der Waals surface area contributed by atoms with Crippen LogP contribution >= 0.6 is 0 Å². The highest BCUT2D eigenvalue weighted by Crippen LogP contribution is 2.39. The predicted octanol–water partition coefficient (Wildman–Crippen LogP) is 2.24. The molecule has 2 aromatic heterocycles. The maximum Gasteiger partial charge on any atom is 0.249 e. The van der Waals surface area contributed by atoms with Crippen LogP contribution < -0.4 is 4.74 Å². The van der Waals surface area contributed by atoms with Gasteiger partial charge in [0.2, 0.25) is 5.79 Å². The third-order valence-electron chi connectivity index (χ3n) is 3.91. The molecule has 1 aliphatic heterocycles. The monoisotopic (exact) mass is 315 g/mol. The number of methoxy groups -OCH3 is 1. The zero-order valence-corrected chi connectivity index (χ0v) is 13.0. The SMILES string of the molecule is COc1cc(C)cc2cc(C3(Cn4cncn4)OCCO3)oc12. The molecule has 0 amide bonds. The highest BCUT2D eigenvalue weighted by Gasteiger charge is 2.43. The summed E-state index contributed by atoms with van der Waals surface area (Å²) in [4.78, 5) is 3.96. The molecule has 0 saturated carbocycles. The third kappa shape index (κ3) is 2.38. The molecule has 0 radical (unpaired) electrons. The fourth-order valence-corrected chi connectivity index (χ4v) is 2.90. The Morgan fingerprint density at radius 1 is 1.26 bits per heavy atom. The Morgan fingerprint density at radius 2 is 2.09 bits per heavy atom. The van der Waals surface area contributed by atoms with E-state index in [2.05, 4.69) is 10.1 Å². The number of hydrogen-bond donors (Lipinski definition) is 0. The van der Waals surface area contributed by atoms with E-state index in [-0.39, 0.29) is 0 Å². The zero-order valence-electron chi connectivity index (χ0n) is 13.0. The van der Waals surface area contributed by atoms with Crippen molar-refractivity contribution in [1.29, 1.82) is 0 Å². The van der Waals surface area contributed by atoms with Crippen LogP contribution in [-0.4, -0.2) is 35.1 Å². The van der Waals surface area contributed by atoms with Gasteiger partial charge in [-0.05, 0) is 30.7 Å². The molecule has 0 bridgehead atoms. The van der Waals surface area contributed by atoms with Gasteiger partial charge in [0.15, 0.2) is 17.1 Å². The van der Waals surface area contributed by atoms with Crippen molar-refractivity contribution in [1.82, 2.24) is 14.8 Å². The molecule has 1 saturated heterocycles. The quantitative estimate of drug-likeness (QED) is 0.735. The van der Waals surface area contributed by atoms with Crippen molar-refractivity contribution in [3.8, 4) is 5.75 Å². The molecule has 7 nitrogen and oxygen atoms in total. The average Bonchev–Trinajstić information content (AvgIpc) is 3.26. The van der Waals surface area contributed by atoms with Gasteiger partial charge < -0.3 is 18.6 Å². The molecular weight excluding hydrogens is 298 g/mol. The maximum atomic E-state index is 6.04. The Hall–Kier alpha value is -2.38. The molecule has 4 rings (SSSR count). The minimum absolute atomic E-state index is 0.369. The Morgan fingerprint density at radius 3 is 2.78 bits per heavy atom. The molecule has 0 spiro atoms. The van der Waals surface area contributed by atoms with Crippen LogP contribution in [0.25, 0.3) is 11.0 Å². The molecule has 7 heteroatoms. The van der Waals surface area contributed by atoms with Gasteiger partial charge >= 0.3 is 0 Å². The normalized spacial score (nSPS) is 17.0. The summed E-state index contributed by atoms with van der Waals surface area (Å²) in [6.07, 6.45) is 3.11. The van der Waals surface area contributed by atoms with E-state index in [1.54, 1.807) is 18.1 Å². The molecule has 3 heterocycles. The molecule has 0 N–H and O–H groups in total. The van der Waals surface area contributed by atoms with Crippen molar-refractivity contribution in [3.05, 3.63) is 42.2 Å². The Kier molecular flexibility index (Phi) is 3.32. The first-order valence-electron chi connectivity index (χ1n) is 7.39. The van der Waals surface area contributed by atoms with Crippen molar-refractivity contribution in [2.75, 3.05) is 20.3 Å². The van der Waals surface area contributed by atoms with Crippen molar-refractivity contribution >= 4 is 11.0 Å². The summed E-state index contributed by atoms with van der Waals surface area (Å²) in [5.74, 6) is 0.301. The van der Waals surface area contributed by atoms with Crippen LogP contribution in [0, 0.1) is 6.92 Å². The lowest BCUT2D eigenvalue weighted by atomic mass is 10.1. The van der Waals surface area contributed by atoms with E-state index < -0.39 is 5.79 Å². The second-order valence-electron chi connectivity index (χ2n) is 5.54. The van der Waals surface area contributed by atoms with Crippen LogP contribution in [0.2, 0.25) is 0 Å². The highest BCUT2D eigenvalue weighted by molar-refractivity contribution is 5.84. The summed E-state index contributed by atoms with van der Waals surface area (Å²) in [5.41, 5.74) is 1.78. The van der Waals surface area contributed by atoms with Crippen LogP contribution in [0.1, 0.15) is 11.3 Å². The fraction of sp³-hybridized carbons (Fsp3) is 0.375. The van der Waals surface area contributed by atoms with E-state index in [9.17, 15) is 0 Å². The van der Waals surface area contributed by atoms with Gasteiger partial charge in [0.25, 0.3) is 0 Å². The van der Waals surface area contributed by atoms with Crippen LogP contribution in [0.15, 0.2) is 35.3 Å². The Bertz CT molecular complexity index is 819. The first kappa shape index (κ1) is 14.2. The number of benzene rings is 1. The van der Waals surface area contributed by atoms with Gasteiger partial charge in [0.1, 0.15) is 19.2 Å². The van der Waals surface area contributed by atoms with Gasteiger partial charge in [0, 0.05) is 5.39 Å². The largest absolute Gasteiger partial charge is 0.493 e. The molecule has 1 fully saturated rings. The van der Waals surface area contributed by atoms with Crippen LogP contribution in [0.4, 0.5) is 0 Å². The summed E-state index contributed by atoms with van der Waals surface area (Å²) in [5, 5.41) is 5.08. The molecule has 3 aromatic rings. The van der Waals surface area contributed by atoms with Crippen molar-refractivity contribution < 1.29 is 18.6 Å². The smallest absolute Gasteiger partial charge is 0.249 e. The van der Waals surface area contributed by atoms with Gasteiger partial charge in [-0.15, -0.1) is 0 Å². The van der Waals surface area contributed by atoms with E-state index in [0.717, 1.165) is 10.9 Å². The van der Waals surface area contributed by atoms with E-state index in [4.69, 9.17) is 18.6 Å². The minimum Gasteiger partial charge on any atom is -0.493 e. The summed E-state index contributed by atoms with van der Waals surface area (Å²) in [6, 6.07) is 5.92. The topological polar surface area (TPSA) is 71.5 Å². The van der Waals surface area contributed by atoms with Crippen molar-refractivity contribution in [2.45, 2.75) is 19.3 Å². The van der Waals surface area contributed by atoms with Gasteiger partial charge in [-0.2, -0.15) is 5.10 Å². The van der Waals surface area contributed by atoms with Gasteiger partial charge in [-0.25, -0.2) is 9.67 Å². The van der Waals surface area contributed by atoms with Crippen molar-refractivity contribution in [2.24, 2.45) is 0 Å². The molecule has 0 atom stereocenters. The lowest BCUT2D eigenvalue weighted by Gasteiger charge is -2.24. The summed E-state index contributed by atoms with van der Waals surface area (Å²) in [6.45, 7) is 3.39. The number of fused-ring (bicyclic) bond motifs is 1. The molecule has 0 unspecified atom stereocenters. The summed E-state index contributed by atoms with van der Waals surface area (Å²) < 4.78 is 24.9. The second-order valence-corrected chi connectivity index (χ2v) is 5.54. The van der Waals surface area contributed by atoms with Crippen molar-refractivity contribution in [3.63, 3.8) is 0 Å². The first-order valence-corrected chi connectivity index (χ1v) is 7.39. The van der Waals surface area contributed by atoms with E-state index in [1.165, 1.54) is 6.33 Å². The van der Waals surface area contributed by atoms with Crippen LogP contribution in [0.5, 0.6) is 5.75 Å². The molecular formula is C16H17N3O4. The fourth-order valence-electron chi connectivity index (χ4n) is 2.90. The highest BCUT2D eigenvalue weighted by atomic mass is 16.7. The van der Waals surface area contributed by atoms with E-state index in [0.29, 0.717) is 36.9 Å². The molecule has 120 valence electrons. The van der Waals surface area contributed by atoms with E-state index in [1.807, 2.05) is 25.1 Å². The number of aromatic nitrogens is 3. The molecule has 1 aromatic carbocycles. The molecule has 1 aliphatic rings. The summed E-state index contributed by atoms with van der Waals surface area (Å²) in [7, 11) is 1.63. The molecule has 23 heavy (non-hydrogen) atoms. The number of nitrogens with zero attached hydrogens (tertiary/aromatic N) is 3. The number of aryl methyl sites for hydroxylation is 1. The number of ether oxygens (including phenoxy) is 3. The lowest BCUT2D eigenvalue weighted by molar-refractivity contribution is -0.189. The lowest BCUT2D eigenvalue weighted by Crippen LogP contribution is -2.32. The van der Waals surface area contributed by atoms with Gasteiger partial charge in [-0.3, -0.25) is 0 Å². The number of hydrogen-bond acceptors (Lipinski definition) is 6. The third-order valence-corrected chi connectivity index (χ3v) is 3.91. The van der Waals surface area contributed by atoms with Crippen LogP contribution in [-0.2, 0) is 21.8 Å². The van der Waals surface area contributed by atoms with E-state index >= 15 is 0 Å². The average molecular weight is 315 g/mol. The standard InChI is InChI=1S/C16H17N3O4/c1-11-5-12-7-14(23-15(12)13(6-11)20-2)16(21-3-4-22-16)8-19-10-17-9-18-19/h5-7,9-10H,3-4,8H2,1-2H3. The van der Waals surface area contributed by atoms with Crippen LogP contribution in [0.3, 0.4) is 0 Å². The second kappa shape index (κ2) is 5.36. The first-order chi connectivity index (χ1) is 11.2. The number of furan rings is 1. The zero-order chi connectivity index (χ0) is 15.9.